The molecule has 0 saturated heterocycles. The number of nitrogens with two attached hydrogens (primary N) is 1. The van der Waals surface area contributed by atoms with Gasteiger partial charge in [0.15, 0.2) is 0 Å². The van der Waals surface area contributed by atoms with Crippen LogP contribution in [0.3, 0.4) is 0 Å². The Kier molecular flexibility index (Phi) is 2.14. The van der Waals surface area contributed by atoms with Crippen molar-refractivity contribution >= 4 is 5.69 Å². The maximum absolute atomic E-state index is 5.81. The van der Waals surface area contributed by atoms with Gasteiger partial charge in [0.05, 0.1) is 12.8 Å². The van der Waals surface area contributed by atoms with Crippen molar-refractivity contribution in [2.45, 2.75) is 0 Å². The molecular formula is C11H12N2O. The lowest BCUT2D eigenvalue weighted by Gasteiger charge is -2.06. The van der Waals surface area contributed by atoms with Crippen molar-refractivity contribution < 1.29 is 4.74 Å². The number of para-hydroxylation sites is 1. The molecule has 0 aliphatic rings. The molecule has 1 aromatic heterocycles. The molecule has 3 heteroatoms. The molecule has 0 aliphatic carbocycles. The molecule has 0 unspecified atom stereocenters. The molecule has 0 amide bonds. The lowest BCUT2D eigenvalue weighted by molar-refractivity contribution is 0.416. The Morgan fingerprint density at radius 1 is 1.14 bits per heavy atom. The van der Waals surface area contributed by atoms with Crippen LogP contribution in [-0.4, -0.2) is 12.1 Å². The third-order valence-electron chi connectivity index (χ3n) is 2.17. The van der Waals surface area contributed by atoms with Crippen LogP contribution >= 0.6 is 0 Å². The van der Waals surface area contributed by atoms with Crippen LogP contribution in [0, 0.1) is 0 Å². The molecule has 3 nitrogen and oxygen atoms in total. The van der Waals surface area contributed by atoms with E-state index in [1.807, 2.05) is 30.5 Å². The van der Waals surface area contributed by atoms with E-state index in [4.69, 9.17) is 10.5 Å². The number of aromatic nitrogens is 1. The van der Waals surface area contributed by atoms with Crippen LogP contribution in [0.5, 0.6) is 5.75 Å². The first kappa shape index (κ1) is 8.69. The maximum Gasteiger partial charge on any atom is 0.126 e. The molecule has 2 rings (SSSR count). The van der Waals surface area contributed by atoms with Gasteiger partial charge in [0.1, 0.15) is 5.75 Å². The van der Waals surface area contributed by atoms with E-state index in [0.717, 1.165) is 22.6 Å². The van der Waals surface area contributed by atoms with Gasteiger partial charge in [-0.3, -0.25) is 0 Å². The minimum atomic E-state index is 0.731. The number of hydrogen-bond acceptors (Lipinski definition) is 2. The number of rotatable bonds is 2. The average Bonchev–Trinajstić information content (AvgIpc) is 2.64. The molecule has 2 aromatic rings. The second kappa shape index (κ2) is 3.46. The van der Waals surface area contributed by atoms with Crippen molar-refractivity contribution in [1.29, 1.82) is 0 Å². The summed E-state index contributed by atoms with van der Waals surface area (Å²) >= 11 is 0. The van der Waals surface area contributed by atoms with Crippen LogP contribution in [0.25, 0.3) is 11.1 Å². The minimum Gasteiger partial charge on any atom is -0.496 e. The van der Waals surface area contributed by atoms with Crippen molar-refractivity contribution in [3.05, 3.63) is 36.7 Å². The fourth-order valence-electron chi connectivity index (χ4n) is 1.48. The van der Waals surface area contributed by atoms with Gasteiger partial charge in [-0.15, -0.1) is 0 Å². The first-order valence-corrected chi connectivity index (χ1v) is 4.38. The molecule has 0 saturated carbocycles. The van der Waals surface area contributed by atoms with Gasteiger partial charge >= 0.3 is 0 Å². The summed E-state index contributed by atoms with van der Waals surface area (Å²) in [5.74, 6) is 0.832. The second-order valence-corrected chi connectivity index (χ2v) is 3.02. The topological polar surface area (TPSA) is 51.0 Å². The van der Waals surface area contributed by atoms with Gasteiger partial charge in [-0.25, -0.2) is 0 Å². The van der Waals surface area contributed by atoms with Gasteiger partial charge in [0.25, 0.3) is 0 Å². The summed E-state index contributed by atoms with van der Waals surface area (Å²) in [7, 11) is 1.65. The zero-order valence-electron chi connectivity index (χ0n) is 7.95. The van der Waals surface area contributed by atoms with Gasteiger partial charge in [-0.1, -0.05) is 18.2 Å². The number of nitrogen functional groups attached to an aromatic ring is 1. The summed E-state index contributed by atoms with van der Waals surface area (Å²) in [6, 6.07) is 7.80. The van der Waals surface area contributed by atoms with Gasteiger partial charge < -0.3 is 15.5 Å². The second-order valence-electron chi connectivity index (χ2n) is 3.02. The Bertz CT molecular complexity index is 434. The molecule has 0 fully saturated rings. The highest BCUT2D eigenvalue weighted by Crippen LogP contribution is 2.32. The molecule has 0 radical (unpaired) electrons. The number of aromatic amines is 1. The SMILES string of the molecule is COc1ccccc1-c1c[nH]cc1N. The van der Waals surface area contributed by atoms with E-state index in [0.29, 0.717) is 0 Å². The van der Waals surface area contributed by atoms with Gasteiger partial charge in [-0.2, -0.15) is 0 Å². The number of nitrogens with one attached hydrogen (secondary N) is 1. The number of H-pyrrole nitrogens is 1. The van der Waals surface area contributed by atoms with Crippen molar-refractivity contribution in [2.75, 3.05) is 12.8 Å². The van der Waals surface area contributed by atoms with Crippen LogP contribution in [0.2, 0.25) is 0 Å². The molecule has 3 N–H and O–H groups in total. The molecule has 0 bridgehead atoms. The van der Waals surface area contributed by atoms with Gasteiger partial charge in [-0.05, 0) is 6.07 Å². The normalized spacial score (nSPS) is 10.1. The number of methoxy groups -OCH3 is 1. The monoisotopic (exact) mass is 188 g/mol. The summed E-state index contributed by atoms with van der Waals surface area (Å²) in [6.45, 7) is 0. The summed E-state index contributed by atoms with van der Waals surface area (Å²) in [6.07, 6.45) is 3.63. The molecular weight excluding hydrogens is 176 g/mol. The third-order valence-corrected chi connectivity index (χ3v) is 2.17. The van der Waals surface area contributed by atoms with Crippen molar-refractivity contribution in [3.8, 4) is 16.9 Å². The van der Waals surface area contributed by atoms with E-state index in [2.05, 4.69) is 4.98 Å². The van der Waals surface area contributed by atoms with E-state index in [-0.39, 0.29) is 0 Å². The van der Waals surface area contributed by atoms with Gasteiger partial charge in [0.2, 0.25) is 0 Å². The van der Waals surface area contributed by atoms with E-state index < -0.39 is 0 Å². The zero-order valence-corrected chi connectivity index (χ0v) is 7.95. The molecule has 0 atom stereocenters. The highest BCUT2D eigenvalue weighted by atomic mass is 16.5. The summed E-state index contributed by atoms with van der Waals surface area (Å²) in [5.41, 5.74) is 8.52. The Morgan fingerprint density at radius 2 is 1.93 bits per heavy atom. The van der Waals surface area contributed by atoms with Crippen LogP contribution in [0.1, 0.15) is 0 Å². The van der Waals surface area contributed by atoms with Crippen LogP contribution < -0.4 is 10.5 Å². The molecule has 0 aliphatic heterocycles. The third kappa shape index (κ3) is 1.33. The minimum absolute atomic E-state index is 0.731. The molecule has 0 spiro atoms. The largest absolute Gasteiger partial charge is 0.496 e. The fourth-order valence-corrected chi connectivity index (χ4v) is 1.48. The molecule has 72 valence electrons. The maximum atomic E-state index is 5.81. The van der Waals surface area contributed by atoms with E-state index in [9.17, 15) is 0 Å². The summed E-state index contributed by atoms with van der Waals surface area (Å²) in [5, 5.41) is 0. The van der Waals surface area contributed by atoms with Gasteiger partial charge in [0, 0.05) is 23.5 Å². The standard InChI is InChI=1S/C11H12N2O/c1-14-11-5-3-2-4-8(11)9-6-13-7-10(9)12/h2-7,13H,12H2,1H3. The summed E-state index contributed by atoms with van der Waals surface area (Å²) < 4.78 is 5.25. The quantitative estimate of drug-likeness (QED) is 0.759. The molecule has 1 heterocycles. The predicted molar refractivity (Wildman–Crippen MR) is 57.2 cm³/mol. The number of hydrogen-bond donors (Lipinski definition) is 2. The van der Waals surface area contributed by atoms with Crippen LogP contribution in [-0.2, 0) is 0 Å². The Labute approximate surface area is 82.5 Å². The van der Waals surface area contributed by atoms with E-state index in [1.54, 1.807) is 13.3 Å². The number of ether oxygens (including phenoxy) is 1. The Hall–Kier alpha value is -1.90. The van der Waals surface area contributed by atoms with E-state index >= 15 is 0 Å². The van der Waals surface area contributed by atoms with E-state index in [1.165, 1.54) is 0 Å². The molecule has 1 aromatic carbocycles. The fraction of sp³-hybridized carbons (Fsp3) is 0.0909. The number of anilines is 1. The number of benzene rings is 1. The zero-order chi connectivity index (χ0) is 9.97. The molecule has 14 heavy (non-hydrogen) atoms. The van der Waals surface area contributed by atoms with Crippen LogP contribution in [0.4, 0.5) is 5.69 Å². The predicted octanol–water partition coefficient (Wildman–Crippen LogP) is 2.27. The lowest BCUT2D eigenvalue weighted by Crippen LogP contribution is -1.89. The lowest BCUT2D eigenvalue weighted by atomic mass is 10.1. The first-order valence-electron chi connectivity index (χ1n) is 4.38. The van der Waals surface area contributed by atoms with Crippen molar-refractivity contribution in [2.24, 2.45) is 0 Å². The van der Waals surface area contributed by atoms with Crippen molar-refractivity contribution in [1.82, 2.24) is 4.98 Å². The first-order chi connectivity index (χ1) is 6.83. The Balaban J connectivity index is 2.56. The summed E-state index contributed by atoms with van der Waals surface area (Å²) in [4.78, 5) is 2.97. The Morgan fingerprint density at radius 3 is 2.57 bits per heavy atom. The highest BCUT2D eigenvalue weighted by molar-refractivity contribution is 5.79. The average molecular weight is 188 g/mol. The smallest absolute Gasteiger partial charge is 0.126 e. The van der Waals surface area contributed by atoms with Crippen LogP contribution in [0.15, 0.2) is 36.7 Å². The highest BCUT2D eigenvalue weighted by Gasteiger charge is 2.07. The van der Waals surface area contributed by atoms with Crippen molar-refractivity contribution in [3.63, 3.8) is 0 Å².